The summed E-state index contributed by atoms with van der Waals surface area (Å²) in [5.41, 5.74) is 0. The van der Waals surface area contributed by atoms with Crippen molar-refractivity contribution in [1.29, 1.82) is 0 Å². The molecule has 0 bridgehead atoms. The molecule has 30 heavy (non-hydrogen) atoms. The molecule has 0 aromatic rings. The van der Waals surface area contributed by atoms with Crippen LogP contribution in [0.4, 0.5) is 4.39 Å². The average molecular weight is 423 g/mol. The molecule has 4 fully saturated rings. The summed E-state index contributed by atoms with van der Waals surface area (Å²) in [6, 6.07) is 0.870. The Hall–Kier alpha value is -1.21. The maximum atomic E-state index is 14.4. The number of likely N-dealkylation sites (tertiary alicyclic amines) is 1. The number of carbonyl (C=O) groups excluding carboxylic acids is 2. The number of likely N-dealkylation sites (N-methyl/N-ethyl adjacent to an activating group) is 1. The summed E-state index contributed by atoms with van der Waals surface area (Å²) in [5, 5.41) is 6.75. The van der Waals surface area contributed by atoms with Gasteiger partial charge >= 0.3 is 0 Å². The molecule has 0 aromatic carbocycles. The Morgan fingerprint density at radius 3 is 2.67 bits per heavy atom. The van der Waals surface area contributed by atoms with Gasteiger partial charge in [0.15, 0.2) is 0 Å². The van der Waals surface area contributed by atoms with E-state index in [2.05, 4.69) is 22.5 Å². The van der Waals surface area contributed by atoms with Crippen LogP contribution in [0.3, 0.4) is 0 Å². The van der Waals surface area contributed by atoms with Crippen LogP contribution in [-0.4, -0.2) is 78.1 Å². The van der Waals surface area contributed by atoms with E-state index in [0.29, 0.717) is 30.8 Å². The highest BCUT2D eigenvalue weighted by Crippen LogP contribution is 2.38. The van der Waals surface area contributed by atoms with Crippen LogP contribution in [0.25, 0.3) is 0 Å². The first kappa shape index (κ1) is 22.0. The zero-order chi connectivity index (χ0) is 21.4. The molecule has 2 heterocycles. The molecule has 2 N–H and O–H groups in total. The number of rotatable bonds is 4. The number of halogens is 1. The Balaban J connectivity index is 1.28. The minimum Gasteiger partial charge on any atom is -0.352 e. The molecule has 8 atom stereocenters. The Bertz CT molecular complexity index is 629. The lowest BCUT2D eigenvalue weighted by Gasteiger charge is -2.36. The van der Waals surface area contributed by atoms with Crippen molar-refractivity contribution >= 4 is 11.8 Å². The molecule has 6 nitrogen and oxygen atoms in total. The van der Waals surface area contributed by atoms with E-state index >= 15 is 0 Å². The summed E-state index contributed by atoms with van der Waals surface area (Å²) < 4.78 is 14.4. The van der Waals surface area contributed by atoms with Gasteiger partial charge in [0.1, 0.15) is 6.17 Å². The van der Waals surface area contributed by atoms with E-state index in [0.717, 1.165) is 51.6 Å². The standard InChI is InChI=1S/C23H39FN4O2/c1-14-7-8-20(24)19-12-21(26-22(14)19)23(30)25-16-5-4-6-17(11-16)28-10-9-18(13-28)27(3)15(2)29/h14,16-22,26H,4-13H2,1-3H3,(H,25,30)/t14?,16-,17-,18+,19?,20?,21?,22?/m1/s1. The monoisotopic (exact) mass is 422 g/mol. The summed E-state index contributed by atoms with van der Waals surface area (Å²) in [7, 11) is 1.90. The molecule has 4 aliphatic rings. The molecule has 2 saturated heterocycles. The quantitative estimate of drug-likeness (QED) is 0.728. The lowest BCUT2D eigenvalue weighted by atomic mass is 9.77. The maximum absolute atomic E-state index is 14.4. The molecule has 5 unspecified atom stereocenters. The van der Waals surface area contributed by atoms with Gasteiger partial charge in [-0.2, -0.15) is 0 Å². The molecule has 4 rings (SSSR count). The van der Waals surface area contributed by atoms with E-state index in [9.17, 15) is 14.0 Å². The van der Waals surface area contributed by atoms with Gasteiger partial charge in [0.25, 0.3) is 0 Å². The normalized spacial score (nSPS) is 42.0. The van der Waals surface area contributed by atoms with E-state index in [1.165, 1.54) is 0 Å². The first-order chi connectivity index (χ1) is 14.3. The largest absolute Gasteiger partial charge is 0.352 e. The van der Waals surface area contributed by atoms with Crippen molar-refractivity contribution in [3.05, 3.63) is 0 Å². The van der Waals surface area contributed by atoms with Crippen molar-refractivity contribution in [3.8, 4) is 0 Å². The summed E-state index contributed by atoms with van der Waals surface area (Å²) >= 11 is 0. The van der Waals surface area contributed by atoms with Crippen LogP contribution >= 0.6 is 0 Å². The van der Waals surface area contributed by atoms with Crippen molar-refractivity contribution < 1.29 is 14.0 Å². The van der Waals surface area contributed by atoms with Crippen molar-refractivity contribution in [1.82, 2.24) is 20.4 Å². The summed E-state index contributed by atoms with van der Waals surface area (Å²) in [4.78, 5) is 29.0. The Morgan fingerprint density at radius 1 is 1.13 bits per heavy atom. The zero-order valence-corrected chi connectivity index (χ0v) is 18.8. The van der Waals surface area contributed by atoms with Crippen molar-refractivity contribution in [3.63, 3.8) is 0 Å². The molecule has 2 saturated carbocycles. The second kappa shape index (κ2) is 9.11. The smallest absolute Gasteiger partial charge is 0.237 e. The molecule has 2 aliphatic carbocycles. The summed E-state index contributed by atoms with van der Waals surface area (Å²) in [6.45, 7) is 5.77. The van der Waals surface area contributed by atoms with Gasteiger partial charge in [-0.05, 0) is 57.3 Å². The minimum absolute atomic E-state index is 0.0107. The third-order valence-corrected chi connectivity index (χ3v) is 8.40. The molecule has 2 aliphatic heterocycles. The maximum Gasteiger partial charge on any atom is 0.237 e. The molecular formula is C23H39FN4O2. The van der Waals surface area contributed by atoms with E-state index in [4.69, 9.17) is 0 Å². The highest BCUT2D eigenvalue weighted by Gasteiger charge is 2.46. The number of nitrogens with zero attached hydrogens (tertiary/aromatic N) is 2. The number of amides is 2. The number of nitrogens with one attached hydrogen (secondary N) is 2. The van der Waals surface area contributed by atoms with Crippen LogP contribution in [-0.2, 0) is 9.59 Å². The van der Waals surface area contributed by atoms with E-state index < -0.39 is 6.17 Å². The second-order valence-electron chi connectivity index (χ2n) is 10.3. The second-order valence-corrected chi connectivity index (χ2v) is 10.3. The SMILES string of the molecule is CC(=O)N(C)[C@H]1CCN([C@@H]2CCC[C@@H](NC(=O)C3CC4C(F)CCC(C)C4N3)C2)C1. The molecular weight excluding hydrogens is 383 g/mol. The van der Waals surface area contributed by atoms with E-state index in [-0.39, 0.29) is 35.9 Å². The molecule has 0 radical (unpaired) electrons. The van der Waals surface area contributed by atoms with E-state index in [1.807, 2.05) is 11.9 Å². The highest BCUT2D eigenvalue weighted by molar-refractivity contribution is 5.82. The highest BCUT2D eigenvalue weighted by atomic mass is 19.1. The number of carbonyl (C=O) groups is 2. The number of alkyl halides is 1. The van der Waals surface area contributed by atoms with Gasteiger partial charge in [-0.15, -0.1) is 0 Å². The lowest BCUT2D eigenvalue weighted by molar-refractivity contribution is -0.129. The zero-order valence-electron chi connectivity index (χ0n) is 18.8. The fraction of sp³-hybridized carbons (Fsp3) is 0.913. The number of hydrogen-bond acceptors (Lipinski definition) is 4. The van der Waals surface area contributed by atoms with Crippen molar-refractivity contribution in [2.45, 2.75) is 102 Å². The van der Waals surface area contributed by atoms with E-state index in [1.54, 1.807) is 6.92 Å². The Labute approximate surface area is 180 Å². The molecule has 2 amide bonds. The third kappa shape index (κ3) is 4.52. The van der Waals surface area contributed by atoms with Gasteiger partial charge < -0.3 is 15.5 Å². The Kier molecular flexibility index (Phi) is 6.68. The van der Waals surface area contributed by atoms with Crippen LogP contribution in [0.2, 0.25) is 0 Å². The number of hydrogen-bond donors (Lipinski definition) is 2. The van der Waals surface area contributed by atoms with Crippen LogP contribution in [0, 0.1) is 11.8 Å². The summed E-state index contributed by atoms with van der Waals surface area (Å²) in [6.07, 6.45) is 6.71. The van der Waals surface area contributed by atoms with Crippen molar-refractivity contribution in [2.75, 3.05) is 20.1 Å². The fourth-order valence-corrected chi connectivity index (χ4v) is 6.40. The third-order valence-electron chi connectivity index (χ3n) is 8.40. The van der Waals surface area contributed by atoms with Gasteiger partial charge in [0.05, 0.1) is 6.04 Å². The molecule has 170 valence electrons. The van der Waals surface area contributed by atoms with Gasteiger partial charge in [0, 0.05) is 57.1 Å². The molecule has 0 spiro atoms. The predicted molar refractivity (Wildman–Crippen MR) is 115 cm³/mol. The van der Waals surface area contributed by atoms with Crippen LogP contribution in [0.1, 0.15) is 65.2 Å². The first-order valence-electron chi connectivity index (χ1n) is 12.0. The number of fused-ring (bicyclic) bond motifs is 1. The molecule has 7 heteroatoms. The molecule has 0 aromatic heterocycles. The predicted octanol–water partition coefficient (Wildman–Crippen LogP) is 2.08. The average Bonchev–Trinajstić information content (AvgIpc) is 3.39. The van der Waals surface area contributed by atoms with Crippen LogP contribution < -0.4 is 10.6 Å². The first-order valence-corrected chi connectivity index (χ1v) is 12.0. The minimum atomic E-state index is -0.771. The lowest BCUT2D eigenvalue weighted by Crippen LogP contribution is -2.51. The van der Waals surface area contributed by atoms with Crippen LogP contribution in [0.15, 0.2) is 0 Å². The van der Waals surface area contributed by atoms with Gasteiger partial charge in [-0.25, -0.2) is 4.39 Å². The van der Waals surface area contributed by atoms with Gasteiger partial charge in [0.2, 0.25) is 11.8 Å². The van der Waals surface area contributed by atoms with Gasteiger partial charge in [-0.1, -0.05) is 6.92 Å². The topological polar surface area (TPSA) is 64.7 Å². The fourth-order valence-electron chi connectivity index (χ4n) is 6.40. The van der Waals surface area contributed by atoms with Gasteiger partial charge in [-0.3, -0.25) is 14.5 Å². The Morgan fingerprint density at radius 2 is 1.93 bits per heavy atom. The van der Waals surface area contributed by atoms with Crippen LogP contribution in [0.5, 0.6) is 0 Å². The van der Waals surface area contributed by atoms with Crippen molar-refractivity contribution in [2.24, 2.45) is 11.8 Å². The summed E-state index contributed by atoms with van der Waals surface area (Å²) in [5.74, 6) is 0.619.